The van der Waals surface area contributed by atoms with Crippen LogP contribution in [-0.2, 0) is 15.6 Å². The van der Waals surface area contributed by atoms with Crippen molar-refractivity contribution in [3.8, 4) is 39.0 Å². The Kier molecular flexibility index (Phi) is 15.9. The molecule has 5 aromatic rings. The van der Waals surface area contributed by atoms with Gasteiger partial charge in [0.2, 0.25) is 0 Å². The smallest absolute Gasteiger partial charge is 0.263 e. The highest BCUT2D eigenvalue weighted by Gasteiger charge is 2.44. The number of carbonyl (C=O) groups excluding carboxylic acids is 2. The molecule has 0 bridgehead atoms. The van der Waals surface area contributed by atoms with Gasteiger partial charge in [0.05, 0.1) is 16.0 Å². The van der Waals surface area contributed by atoms with E-state index in [0.717, 1.165) is 34.1 Å². The van der Waals surface area contributed by atoms with Crippen LogP contribution in [-0.4, -0.2) is 36.5 Å². The van der Waals surface area contributed by atoms with Gasteiger partial charge in [0.25, 0.3) is 11.8 Å². The van der Waals surface area contributed by atoms with Crippen molar-refractivity contribution in [2.75, 3.05) is 19.8 Å². The minimum Gasteiger partial charge on any atom is -0.381 e. The van der Waals surface area contributed by atoms with Crippen molar-refractivity contribution in [2.24, 2.45) is 5.92 Å². The first kappa shape index (κ1) is 45.1. The van der Waals surface area contributed by atoms with Gasteiger partial charge in [0, 0.05) is 63.7 Å². The lowest BCUT2D eigenvalue weighted by Crippen LogP contribution is -2.32. The topological polar surface area (TPSA) is 46.6 Å². The lowest BCUT2D eigenvalue weighted by atomic mass is 9.84. The van der Waals surface area contributed by atoms with E-state index >= 15 is 0 Å². The molecule has 9 heteroatoms. The minimum atomic E-state index is -0.207. The van der Waals surface area contributed by atoms with Crippen molar-refractivity contribution in [1.82, 2.24) is 4.90 Å². The molecule has 4 nitrogen and oxygen atoms in total. The molecule has 2 amide bonds. The minimum absolute atomic E-state index is 0.132. The molecule has 314 valence electrons. The predicted octanol–water partition coefficient (Wildman–Crippen LogP) is 16.6. The number of fused-ring (bicyclic) bond motifs is 1. The summed E-state index contributed by atoms with van der Waals surface area (Å²) in [5.41, 5.74) is 1.25. The van der Waals surface area contributed by atoms with Gasteiger partial charge in [-0.2, -0.15) is 0 Å². The highest BCUT2D eigenvalue weighted by atomic mass is 32.1. The summed E-state index contributed by atoms with van der Waals surface area (Å²) in [6.45, 7) is 19.9. The lowest BCUT2D eigenvalue weighted by molar-refractivity contribution is 0.0607. The Morgan fingerprint density at radius 2 is 1.10 bits per heavy atom. The molecular weight excluding hydrogens is 811 g/mol. The van der Waals surface area contributed by atoms with E-state index in [1.165, 1.54) is 103 Å². The summed E-state index contributed by atoms with van der Waals surface area (Å²) in [5.74, 6) is 0.245. The van der Waals surface area contributed by atoms with Crippen LogP contribution < -0.4 is 0 Å². The maximum absolute atomic E-state index is 14.2. The monoisotopic (exact) mass is 875 g/mol. The molecule has 0 radical (unpaired) electrons. The first-order chi connectivity index (χ1) is 27.9. The van der Waals surface area contributed by atoms with Crippen LogP contribution in [0.4, 0.5) is 0 Å². The average Bonchev–Trinajstić information content (AvgIpc) is 4.04. The fraction of sp³-hybridized carbons (Fsp3) is 0.551. The van der Waals surface area contributed by atoms with Gasteiger partial charge in [0.15, 0.2) is 0 Å². The normalized spacial score (nSPS) is 14.0. The molecule has 0 spiro atoms. The molecular formula is C49H65NO3S5. The van der Waals surface area contributed by atoms with Crippen molar-refractivity contribution in [3.05, 3.63) is 69.4 Å². The first-order valence-corrected chi connectivity index (χ1v) is 26.0. The molecule has 0 fully saturated rings. The van der Waals surface area contributed by atoms with Gasteiger partial charge in [-0.1, -0.05) is 113 Å². The molecule has 1 atom stereocenters. The number of amides is 2. The Morgan fingerprint density at radius 1 is 0.569 bits per heavy atom. The van der Waals surface area contributed by atoms with Gasteiger partial charge in [-0.05, 0) is 91.0 Å². The van der Waals surface area contributed by atoms with Crippen LogP contribution in [0.1, 0.15) is 169 Å². The average molecular weight is 876 g/mol. The van der Waals surface area contributed by atoms with E-state index in [9.17, 15) is 9.59 Å². The van der Waals surface area contributed by atoms with Crippen molar-refractivity contribution >= 4 is 68.5 Å². The van der Waals surface area contributed by atoms with Gasteiger partial charge in [-0.25, -0.2) is 0 Å². The number of nitrogens with zero attached hydrogens (tertiary/aromatic N) is 1. The molecule has 1 aliphatic heterocycles. The van der Waals surface area contributed by atoms with E-state index in [0.29, 0.717) is 36.6 Å². The number of imide groups is 1. The van der Waals surface area contributed by atoms with E-state index in [1.54, 1.807) is 22.7 Å². The van der Waals surface area contributed by atoms with Crippen LogP contribution in [0.2, 0.25) is 0 Å². The van der Waals surface area contributed by atoms with Gasteiger partial charge in [-0.3, -0.25) is 14.5 Å². The summed E-state index contributed by atoms with van der Waals surface area (Å²) in [5, 5.41) is 0. The van der Waals surface area contributed by atoms with Crippen molar-refractivity contribution in [3.63, 3.8) is 0 Å². The Bertz CT molecular complexity index is 2100. The van der Waals surface area contributed by atoms with Crippen molar-refractivity contribution < 1.29 is 14.3 Å². The summed E-state index contributed by atoms with van der Waals surface area (Å²) in [6.07, 6.45) is 15.4. The third-order valence-corrected chi connectivity index (χ3v) is 18.7. The zero-order chi connectivity index (χ0) is 41.5. The number of hydrogen-bond acceptors (Lipinski definition) is 8. The van der Waals surface area contributed by atoms with Crippen LogP contribution in [0.5, 0.6) is 0 Å². The van der Waals surface area contributed by atoms with Gasteiger partial charge >= 0.3 is 0 Å². The second-order valence-corrected chi connectivity index (χ2v) is 23.0. The zero-order valence-corrected chi connectivity index (χ0v) is 40.3. The second-order valence-electron chi connectivity index (χ2n) is 17.6. The standard InChI is InChI=1S/C49H65NO3S5/c1-9-12-14-15-16-17-19-33(4)32-53-31-18-30-50-46(51)42-43(47(50)52)45(49(7,8)28-11-3)58-44(42)40-25-24-37(56-40)36-21-20-34(54-36)35-22-23-38(55-35)39-26-27-41(57-39)48(5,6)29-13-10-2/h20-27,33H,9-19,28-32H2,1-8H3. The molecule has 6 heterocycles. The first-order valence-electron chi connectivity index (χ1n) is 21.9. The quantitative estimate of drug-likeness (QED) is 0.0458. The fourth-order valence-electron chi connectivity index (χ4n) is 8.13. The number of ether oxygens (including phenoxy) is 1. The Labute approximate surface area is 369 Å². The summed E-state index contributed by atoms with van der Waals surface area (Å²) < 4.78 is 6.06. The van der Waals surface area contributed by atoms with Crippen molar-refractivity contribution in [1.29, 1.82) is 0 Å². The number of thiophene rings is 5. The Hall–Kier alpha value is -2.40. The number of hydrogen-bond donors (Lipinski definition) is 0. The lowest BCUT2D eigenvalue weighted by Gasteiger charge is -2.24. The highest BCUT2D eigenvalue weighted by molar-refractivity contribution is 7.29. The third-order valence-electron chi connectivity index (χ3n) is 11.6. The second kappa shape index (κ2) is 20.4. The molecule has 0 aliphatic carbocycles. The molecule has 6 rings (SSSR count). The Balaban J connectivity index is 1.13. The molecule has 1 unspecified atom stereocenters. The van der Waals surface area contributed by atoms with Crippen LogP contribution in [0, 0.1) is 5.92 Å². The SMILES string of the molecule is CCCCCCCCC(C)COCCCN1C(=O)c2c(-c3ccc(-c4ccc(-c5ccc(-c6ccc(C(C)(C)CCCC)s6)s5)s4)s3)sc(C(C)(C)CCC)c2C1=O. The molecule has 1 aliphatic rings. The highest BCUT2D eigenvalue weighted by Crippen LogP contribution is 2.51. The van der Waals surface area contributed by atoms with Gasteiger partial charge in [0.1, 0.15) is 0 Å². The molecule has 0 aromatic carbocycles. The van der Waals surface area contributed by atoms with Gasteiger partial charge < -0.3 is 4.74 Å². The summed E-state index contributed by atoms with van der Waals surface area (Å²) in [4.78, 5) is 42.0. The molecule has 0 saturated carbocycles. The maximum atomic E-state index is 14.2. The fourth-order valence-corrected chi connectivity index (χ4v) is 14.1. The van der Waals surface area contributed by atoms with Crippen LogP contribution in [0.25, 0.3) is 39.0 Å². The van der Waals surface area contributed by atoms with E-state index < -0.39 is 0 Å². The third kappa shape index (κ3) is 10.5. The molecule has 5 aromatic heterocycles. The Morgan fingerprint density at radius 3 is 1.72 bits per heavy atom. The van der Waals surface area contributed by atoms with Crippen LogP contribution in [0.15, 0.2) is 48.5 Å². The van der Waals surface area contributed by atoms with E-state index in [-0.39, 0.29) is 22.6 Å². The molecule has 0 saturated heterocycles. The van der Waals surface area contributed by atoms with Crippen molar-refractivity contribution in [2.45, 2.75) is 150 Å². The largest absolute Gasteiger partial charge is 0.381 e. The molecule has 58 heavy (non-hydrogen) atoms. The summed E-state index contributed by atoms with van der Waals surface area (Å²) >= 11 is 9.03. The number of unbranched alkanes of at least 4 members (excludes halogenated alkanes) is 6. The van der Waals surface area contributed by atoms with E-state index in [4.69, 9.17) is 4.74 Å². The van der Waals surface area contributed by atoms with Crippen LogP contribution in [0.3, 0.4) is 0 Å². The number of rotatable bonds is 24. The zero-order valence-electron chi connectivity index (χ0n) is 36.2. The maximum Gasteiger partial charge on any atom is 0.263 e. The van der Waals surface area contributed by atoms with E-state index in [2.05, 4.69) is 104 Å². The predicted molar refractivity (Wildman–Crippen MR) is 256 cm³/mol. The molecule has 0 N–H and O–H groups in total. The van der Waals surface area contributed by atoms with Gasteiger partial charge in [-0.15, -0.1) is 56.7 Å². The van der Waals surface area contributed by atoms with Crippen LogP contribution >= 0.6 is 56.7 Å². The summed E-state index contributed by atoms with van der Waals surface area (Å²) in [7, 11) is 0. The summed E-state index contributed by atoms with van der Waals surface area (Å²) in [6, 6.07) is 18.0. The number of carbonyl (C=O) groups is 2. The van der Waals surface area contributed by atoms with E-state index in [1.807, 2.05) is 34.0 Å².